The van der Waals surface area contributed by atoms with E-state index in [1.807, 2.05) is 0 Å². The lowest BCUT2D eigenvalue weighted by Gasteiger charge is -2.18. The molecule has 0 aliphatic rings. The summed E-state index contributed by atoms with van der Waals surface area (Å²) in [6.07, 6.45) is 13.2. The summed E-state index contributed by atoms with van der Waals surface area (Å²) in [5.41, 5.74) is 5.61. The van der Waals surface area contributed by atoms with Gasteiger partial charge in [0.25, 0.3) is 0 Å². The second kappa shape index (κ2) is 15.2. The highest BCUT2D eigenvalue weighted by Crippen LogP contribution is 2.20. The van der Waals surface area contributed by atoms with E-state index in [0.29, 0.717) is 6.42 Å². The summed E-state index contributed by atoms with van der Waals surface area (Å²) in [6, 6.07) is -0.258. The van der Waals surface area contributed by atoms with Gasteiger partial charge < -0.3 is 15.9 Å². The number of nitrogens with two attached hydrogens (primary N) is 1. The van der Waals surface area contributed by atoms with E-state index in [4.69, 9.17) is 5.73 Å². The molecule has 0 aliphatic carbocycles. The summed E-state index contributed by atoms with van der Waals surface area (Å²) in [5.74, 6) is 1.75. The molecule has 0 amide bonds. The van der Waals surface area contributed by atoms with E-state index in [0.717, 1.165) is 24.7 Å². The van der Waals surface area contributed by atoms with Crippen LogP contribution in [0.25, 0.3) is 0 Å². The van der Waals surface area contributed by atoms with Crippen LogP contribution in [0.5, 0.6) is 0 Å². The molecular formula is C21H45NO2. The molecule has 0 saturated heterocycles. The first-order chi connectivity index (χ1) is 11.4. The van der Waals surface area contributed by atoms with Gasteiger partial charge in [-0.2, -0.15) is 0 Å². The topological polar surface area (TPSA) is 66.5 Å². The quantitative estimate of drug-likeness (QED) is 0.344. The zero-order valence-electron chi connectivity index (χ0n) is 16.8. The molecule has 5 unspecified atom stereocenters. The standard InChI is InChI=1S/C21H45NO2/c1-5-11-17(2)13-10-14-18(3)12-8-6-7-9-15-20(23)16-21(24)19(4)22/h17-21,23-24H,5-16,22H2,1-4H3. The van der Waals surface area contributed by atoms with Gasteiger partial charge in [0, 0.05) is 12.5 Å². The molecule has 5 atom stereocenters. The van der Waals surface area contributed by atoms with Crippen molar-refractivity contribution in [3.8, 4) is 0 Å². The van der Waals surface area contributed by atoms with Crippen molar-refractivity contribution in [1.82, 2.24) is 0 Å². The van der Waals surface area contributed by atoms with Gasteiger partial charge >= 0.3 is 0 Å². The van der Waals surface area contributed by atoms with E-state index in [2.05, 4.69) is 20.8 Å². The predicted octanol–water partition coefficient (Wildman–Crippen LogP) is 5.03. The van der Waals surface area contributed by atoms with Crippen LogP contribution in [0.3, 0.4) is 0 Å². The van der Waals surface area contributed by atoms with Crippen molar-refractivity contribution in [3.63, 3.8) is 0 Å². The first kappa shape index (κ1) is 23.9. The van der Waals surface area contributed by atoms with Crippen LogP contribution in [0.4, 0.5) is 0 Å². The normalized spacial score (nSPS) is 18.1. The maximum Gasteiger partial charge on any atom is 0.0712 e. The molecule has 0 fully saturated rings. The van der Waals surface area contributed by atoms with Gasteiger partial charge in [-0.15, -0.1) is 0 Å². The first-order valence-electron chi connectivity index (χ1n) is 10.5. The second-order valence-corrected chi connectivity index (χ2v) is 8.24. The zero-order valence-corrected chi connectivity index (χ0v) is 16.8. The van der Waals surface area contributed by atoms with E-state index in [9.17, 15) is 10.2 Å². The van der Waals surface area contributed by atoms with E-state index >= 15 is 0 Å². The highest BCUT2D eigenvalue weighted by Gasteiger charge is 2.15. The van der Waals surface area contributed by atoms with Crippen molar-refractivity contribution >= 4 is 0 Å². The molecule has 3 nitrogen and oxygen atoms in total. The van der Waals surface area contributed by atoms with Crippen molar-refractivity contribution in [3.05, 3.63) is 0 Å². The minimum Gasteiger partial charge on any atom is -0.393 e. The Balaban J connectivity index is 3.46. The SMILES string of the molecule is CCCC(C)CCCC(C)CCCCCCC(O)CC(O)C(C)N. The molecule has 0 heterocycles. The van der Waals surface area contributed by atoms with Gasteiger partial charge in [0.05, 0.1) is 12.2 Å². The van der Waals surface area contributed by atoms with Gasteiger partial charge in [0.1, 0.15) is 0 Å². The van der Waals surface area contributed by atoms with Crippen molar-refractivity contribution in [2.24, 2.45) is 17.6 Å². The van der Waals surface area contributed by atoms with Crippen LogP contribution in [-0.2, 0) is 0 Å². The third-order valence-corrected chi connectivity index (χ3v) is 5.28. The Kier molecular flexibility index (Phi) is 15.1. The number of hydrogen-bond donors (Lipinski definition) is 3. The van der Waals surface area contributed by atoms with Crippen LogP contribution in [0, 0.1) is 11.8 Å². The number of aliphatic hydroxyl groups is 2. The van der Waals surface area contributed by atoms with Crippen LogP contribution in [-0.4, -0.2) is 28.5 Å². The van der Waals surface area contributed by atoms with E-state index in [-0.39, 0.29) is 6.04 Å². The molecule has 0 spiro atoms. The summed E-state index contributed by atoms with van der Waals surface area (Å²) < 4.78 is 0. The molecule has 0 radical (unpaired) electrons. The Bertz CT molecular complexity index is 271. The molecule has 0 aromatic carbocycles. The fraction of sp³-hybridized carbons (Fsp3) is 1.00. The average molecular weight is 344 g/mol. The van der Waals surface area contributed by atoms with Crippen LogP contribution >= 0.6 is 0 Å². The highest BCUT2D eigenvalue weighted by atomic mass is 16.3. The first-order valence-corrected chi connectivity index (χ1v) is 10.5. The lowest BCUT2D eigenvalue weighted by molar-refractivity contribution is 0.0629. The monoisotopic (exact) mass is 343 g/mol. The third kappa shape index (κ3) is 14.2. The number of aliphatic hydroxyl groups excluding tert-OH is 2. The Morgan fingerprint density at radius 2 is 1.21 bits per heavy atom. The maximum absolute atomic E-state index is 9.88. The molecular weight excluding hydrogens is 298 g/mol. The predicted molar refractivity (Wildman–Crippen MR) is 105 cm³/mol. The van der Waals surface area contributed by atoms with Gasteiger partial charge in [0.15, 0.2) is 0 Å². The number of hydrogen-bond acceptors (Lipinski definition) is 3. The molecule has 0 aliphatic heterocycles. The summed E-state index contributed by atoms with van der Waals surface area (Å²) in [5, 5.41) is 19.5. The molecule has 4 N–H and O–H groups in total. The number of rotatable bonds is 16. The Morgan fingerprint density at radius 1 is 0.708 bits per heavy atom. The van der Waals surface area contributed by atoms with Crippen LogP contribution < -0.4 is 5.73 Å². The van der Waals surface area contributed by atoms with Crippen molar-refractivity contribution in [2.45, 2.75) is 123 Å². The largest absolute Gasteiger partial charge is 0.393 e. The molecule has 0 aromatic heterocycles. The molecule has 0 rings (SSSR count). The smallest absolute Gasteiger partial charge is 0.0712 e. The Morgan fingerprint density at radius 3 is 1.75 bits per heavy atom. The lowest BCUT2D eigenvalue weighted by Crippen LogP contribution is -2.34. The third-order valence-electron chi connectivity index (χ3n) is 5.28. The fourth-order valence-corrected chi connectivity index (χ4v) is 3.43. The summed E-state index contributed by atoms with van der Waals surface area (Å²) >= 11 is 0. The molecule has 146 valence electrons. The van der Waals surface area contributed by atoms with E-state index < -0.39 is 12.2 Å². The summed E-state index contributed by atoms with van der Waals surface area (Å²) in [7, 11) is 0. The Hall–Kier alpha value is -0.120. The van der Waals surface area contributed by atoms with Crippen molar-refractivity contribution in [1.29, 1.82) is 0 Å². The number of unbranched alkanes of at least 4 members (excludes halogenated alkanes) is 3. The molecule has 0 bridgehead atoms. The zero-order chi connectivity index (χ0) is 18.4. The lowest BCUT2D eigenvalue weighted by atomic mass is 9.93. The maximum atomic E-state index is 9.88. The van der Waals surface area contributed by atoms with Gasteiger partial charge in [-0.05, 0) is 25.2 Å². The molecule has 0 saturated carbocycles. The van der Waals surface area contributed by atoms with E-state index in [1.165, 1.54) is 57.8 Å². The van der Waals surface area contributed by atoms with Gasteiger partial charge in [0.2, 0.25) is 0 Å². The Labute approximate surface area is 151 Å². The summed E-state index contributed by atoms with van der Waals surface area (Å²) in [4.78, 5) is 0. The minimum absolute atomic E-state index is 0.258. The summed E-state index contributed by atoms with van der Waals surface area (Å²) in [6.45, 7) is 8.83. The molecule has 24 heavy (non-hydrogen) atoms. The van der Waals surface area contributed by atoms with Gasteiger partial charge in [-0.3, -0.25) is 0 Å². The van der Waals surface area contributed by atoms with E-state index in [1.54, 1.807) is 6.92 Å². The van der Waals surface area contributed by atoms with Crippen LogP contribution in [0.2, 0.25) is 0 Å². The fourth-order valence-electron chi connectivity index (χ4n) is 3.43. The van der Waals surface area contributed by atoms with Gasteiger partial charge in [-0.1, -0.05) is 85.0 Å². The van der Waals surface area contributed by atoms with Crippen LogP contribution in [0.15, 0.2) is 0 Å². The molecule has 3 heteroatoms. The van der Waals surface area contributed by atoms with Crippen molar-refractivity contribution in [2.75, 3.05) is 0 Å². The second-order valence-electron chi connectivity index (χ2n) is 8.24. The van der Waals surface area contributed by atoms with Gasteiger partial charge in [-0.25, -0.2) is 0 Å². The minimum atomic E-state index is -0.583. The molecule has 0 aromatic rings. The van der Waals surface area contributed by atoms with Crippen molar-refractivity contribution < 1.29 is 10.2 Å². The van der Waals surface area contributed by atoms with Crippen LogP contribution in [0.1, 0.15) is 105 Å². The average Bonchev–Trinajstić information content (AvgIpc) is 2.50. The highest BCUT2D eigenvalue weighted by molar-refractivity contribution is 4.71.